The largest absolute Gasteiger partial charge is 0.493 e. The lowest BCUT2D eigenvalue weighted by Crippen LogP contribution is -2.21. The number of likely N-dealkylation sites (tertiary alicyclic amines) is 1. The van der Waals surface area contributed by atoms with Crippen LogP contribution in [0.4, 0.5) is 5.95 Å². The second-order valence-corrected chi connectivity index (χ2v) is 8.86. The lowest BCUT2D eigenvalue weighted by Gasteiger charge is -2.20. The minimum atomic E-state index is 0.105. The number of anilines is 1. The van der Waals surface area contributed by atoms with Crippen LogP contribution in [0.15, 0.2) is 43.1 Å². The highest BCUT2D eigenvalue weighted by Gasteiger charge is 2.28. The predicted molar refractivity (Wildman–Crippen MR) is 129 cm³/mol. The molecule has 1 saturated heterocycles. The third-order valence-electron chi connectivity index (χ3n) is 5.73. The Hall–Kier alpha value is -3.26. The van der Waals surface area contributed by atoms with Gasteiger partial charge >= 0.3 is 0 Å². The number of ether oxygens (including phenoxy) is 2. The molecule has 3 heterocycles. The molecule has 174 valence electrons. The molecule has 0 N–H and O–H groups in total. The molecule has 1 aliphatic rings. The highest BCUT2D eigenvalue weighted by molar-refractivity contribution is 5.65. The average Bonchev–Trinajstić information content (AvgIpc) is 3.28. The zero-order valence-electron chi connectivity index (χ0n) is 20.0. The Balaban J connectivity index is 1.54. The Morgan fingerprint density at radius 2 is 1.91 bits per heavy atom. The number of aromatic nitrogens is 4. The molecule has 1 unspecified atom stereocenters. The molecule has 0 bridgehead atoms. The molecule has 2 aromatic heterocycles. The summed E-state index contributed by atoms with van der Waals surface area (Å²) in [5.74, 6) is 2.58. The third kappa shape index (κ3) is 5.39. The SMILES string of the molecule is COc1cc(CN2CCC(c3nc(N(C)C)ncc3-c3cncnc3)C2)ccc1OC(C)C. The van der Waals surface area contributed by atoms with Crippen molar-refractivity contribution in [2.24, 2.45) is 0 Å². The van der Waals surface area contributed by atoms with Gasteiger partial charge in [0.2, 0.25) is 5.95 Å². The molecule has 0 amide bonds. The van der Waals surface area contributed by atoms with Crippen LogP contribution < -0.4 is 14.4 Å². The van der Waals surface area contributed by atoms with Crippen molar-refractivity contribution >= 4 is 5.95 Å². The number of hydrogen-bond acceptors (Lipinski definition) is 8. The van der Waals surface area contributed by atoms with E-state index in [1.54, 1.807) is 13.4 Å². The Kier molecular flexibility index (Phi) is 7.03. The van der Waals surface area contributed by atoms with E-state index >= 15 is 0 Å². The molecule has 1 aliphatic heterocycles. The molecule has 1 atom stereocenters. The van der Waals surface area contributed by atoms with Crippen molar-refractivity contribution in [3.8, 4) is 22.6 Å². The molecular weight excluding hydrogens is 416 g/mol. The number of nitrogens with zero attached hydrogens (tertiary/aromatic N) is 6. The van der Waals surface area contributed by atoms with Crippen molar-refractivity contribution < 1.29 is 9.47 Å². The molecule has 8 heteroatoms. The monoisotopic (exact) mass is 448 g/mol. The third-order valence-corrected chi connectivity index (χ3v) is 5.73. The van der Waals surface area contributed by atoms with Crippen LogP contribution in [0.25, 0.3) is 11.1 Å². The Labute approximate surface area is 195 Å². The highest BCUT2D eigenvalue weighted by Crippen LogP contribution is 2.35. The minimum Gasteiger partial charge on any atom is -0.493 e. The first-order valence-electron chi connectivity index (χ1n) is 11.3. The van der Waals surface area contributed by atoms with Crippen LogP contribution in [0.1, 0.15) is 37.4 Å². The van der Waals surface area contributed by atoms with E-state index in [4.69, 9.17) is 14.5 Å². The number of rotatable bonds is 8. The van der Waals surface area contributed by atoms with Crippen LogP contribution in [0, 0.1) is 0 Å². The zero-order valence-corrected chi connectivity index (χ0v) is 20.0. The van der Waals surface area contributed by atoms with Gasteiger partial charge in [0.1, 0.15) is 6.33 Å². The summed E-state index contributed by atoms with van der Waals surface area (Å²) in [6, 6.07) is 6.20. The van der Waals surface area contributed by atoms with Crippen LogP contribution in [0.2, 0.25) is 0 Å². The summed E-state index contributed by atoms with van der Waals surface area (Å²) in [6.07, 6.45) is 8.23. The van der Waals surface area contributed by atoms with Gasteiger partial charge in [0.25, 0.3) is 0 Å². The van der Waals surface area contributed by atoms with Gasteiger partial charge in [-0.1, -0.05) is 6.07 Å². The van der Waals surface area contributed by atoms with Gasteiger partial charge < -0.3 is 14.4 Å². The smallest absolute Gasteiger partial charge is 0.225 e. The maximum Gasteiger partial charge on any atom is 0.225 e. The summed E-state index contributed by atoms with van der Waals surface area (Å²) in [4.78, 5) is 22.3. The average molecular weight is 449 g/mol. The molecule has 1 fully saturated rings. The van der Waals surface area contributed by atoms with Crippen molar-refractivity contribution in [1.29, 1.82) is 0 Å². The molecule has 1 aromatic carbocycles. The molecule has 33 heavy (non-hydrogen) atoms. The summed E-state index contributed by atoms with van der Waals surface area (Å²) >= 11 is 0. The topological polar surface area (TPSA) is 76.5 Å². The summed E-state index contributed by atoms with van der Waals surface area (Å²) in [5, 5.41) is 0. The van der Waals surface area contributed by atoms with Gasteiger partial charge in [-0.15, -0.1) is 0 Å². The molecule has 0 saturated carbocycles. The number of hydrogen-bond donors (Lipinski definition) is 0. The van der Waals surface area contributed by atoms with Crippen molar-refractivity contribution in [3.63, 3.8) is 0 Å². The minimum absolute atomic E-state index is 0.105. The normalized spacial score (nSPS) is 16.2. The maximum atomic E-state index is 5.85. The van der Waals surface area contributed by atoms with E-state index < -0.39 is 0 Å². The van der Waals surface area contributed by atoms with E-state index in [0.717, 1.165) is 60.3 Å². The van der Waals surface area contributed by atoms with Gasteiger partial charge in [-0.25, -0.2) is 19.9 Å². The van der Waals surface area contributed by atoms with E-state index in [1.807, 2.05) is 57.5 Å². The van der Waals surface area contributed by atoms with E-state index in [0.29, 0.717) is 5.92 Å². The number of benzene rings is 1. The van der Waals surface area contributed by atoms with E-state index in [-0.39, 0.29) is 6.10 Å². The van der Waals surface area contributed by atoms with Crippen molar-refractivity contribution in [2.45, 2.75) is 38.8 Å². The van der Waals surface area contributed by atoms with Gasteiger partial charge in [-0.3, -0.25) is 4.90 Å². The summed E-state index contributed by atoms with van der Waals surface area (Å²) in [6.45, 7) is 6.81. The summed E-state index contributed by atoms with van der Waals surface area (Å²) < 4.78 is 11.4. The second-order valence-electron chi connectivity index (χ2n) is 8.86. The Morgan fingerprint density at radius 1 is 1.12 bits per heavy atom. The summed E-state index contributed by atoms with van der Waals surface area (Å²) in [5.41, 5.74) is 4.22. The maximum absolute atomic E-state index is 5.85. The second kappa shape index (κ2) is 10.1. The van der Waals surface area contributed by atoms with Gasteiger partial charge in [0.05, 0.1) is 18.9 Å². The lowest BCUT2D eigenvalue weighted by molar-refractivity contribution is 0.229. The van der Waals surface area contributed by atoms with Crippen LogP contribution in [-0.2, 0) is 6.54 Å². The fraction of sp³-hybridized carbons (Fsp3) is 0.440. The van der Waals surface area contributed by atoms with Crippen LogP contribution in [-0.4, -0.2) is 65.2 Å². The van der Waals surface area contributed by atoms with Crippen LogP contribution in [0.5, 0.6) is 11.5 Å². The Morgan fingerprint density at radius 3 is 2.61 bits per heavy atom. The van der Waals surface area contributed by atoms with Crippen molar-refractivity contribution in [3.05, 3.63) is 54.4 Å². The van der Waals surface area contributed by atoms with E-state index in [1.165, 1.54) is 5.56 Å². The van der Waals surface area contributed by atoms with Crippen molar-refractivity contribution in [1.82, 2.24) is 24.8 Å². The van der Waals surface area contributed by atoms with Gasteiger partial charge in [-0.2, -0.15) is 0 Å². The van der Waals surface area contributed by atoms with Gasteiger partial charge in [-0.05, 0) is 44.5 Å². The predicted octanol–water partition coefficient (Wildman–Crippen LogP) is 3.78. The number of methoxy groups -OCH3 is 1. The lowest BCUT2D eigenvalue weighted by atomic mass is 9.97. The first-order valence-corrected chi connectivity index (χ1v) is 11.3. The standard InChI is InChI=1S/C25H32N6O2/c1-17(2)33-22-7-6-18(10-23(22)32-5)14-31-9-8-19(15-31)24-21(20-11-26-16-27-12-20)13-28-25(29-24)30(3)4/h6-7,10-13,16-17,19H,8-9,14-15H2,1-5H3. The van der Waals surface area contributed by atoms with E-state index in [2.05, 4.69) is 32.0 Å². The fourth-order valence-corrected chi connectivity index (χ4v) is 4.19. The molecule has 8 nitrogen and oxygen atoms in total. The first-order chi connectivity index (χ1) is 15.9. The molecule has 3 aromatic rings. The Bertz CT molecular complexity index is 1070. The van der Waals surface area contributed by atoms with Gasteiger partial charge in [0.15, 0.2) is 11.5 Å². The zero-order chi connectivity index (χ0) is 23.4. The van der Waals surface area contributed by atoms with Crippen LogP contribution >= 0.6 is 0 Å². The summed E-state index contributed by atoms with van der Waals surface area (Å²) in [7, 11) is 5.61. The molecule has 0 aliphatic carbocycles. The first kappa shape index (κ1) is 22.9. The fourth-order valence-electron chi connectivity index (χ4n) is 4.19. The molecule has 0 radical (unpaired) electrons. The van der Waals surface area contributed by atoms with Gasteiger partial charge in [0, 0.05) is 62.8 Å². The molecular formula is C25H32N6O2. The quantitative estimate of drug-likeness (QED) is 0.515. The van der Waals surface area contributed by atoms with Crippen molar-refractivity contribution in [2.75, 3.05) is 39.2 Å². The molecule has 4 rings (SSSR count). The highest BCUT2D eigenvalue weighted by atomic mass is 16.5. The van der Waals surface area contributed by atoms with Crippen LogP contribution in [0.3, 0.4) is 0 Å². The molecule has 0 spiro atoms. The van der Waals surface area contributed by atoms with E-state index in [9.17, 15) is 0 Å².